The third-order valence-electron chi connectivity index (χ3n) is 3.61. The second-order valence-corrected chi connectivity index (χ2v) is 5.16. The van der Waals surface area contributed by atoms with E-state index in [1.165, 1.54) is 6.42 Å². The summed E-state index contributed by atoms with van der Waals surface area (Å²) >= 11 is 0. The van der Waals surface area contributed by atoms with Crippen molar-refractivity contribution < 1.29 is 4.42 Å². The fourth-order valence-electron chi connectivity index (χ4n) is 2.58. The van der Waals surface area contributed by atoms with E-state index in [1.807, 2.05) is 24.3 Å². The minimum absolute atomic E-state index is 0.476. The zero-order valence-electron chi connectivity index (χ0n) is 12.0. The number of aromatic nitrogens is 2. The summed E-state index contributed by atoms with van der Waals surface area (Å²) in [6.45, 7) is 2.83. The van der Waals surface area contributed by atoms with Crippen LogP contribution in [0.1, 0.15) is 18.6 Å². The lowest BCUT2D eigenvalue weighted by atomic mass is 10.1. The van der Waals surface area contributed by atoms with Crippen LogP contribution in [0.5, 0.6) is 0 Å². The van der Waals surface area contributed by atoms with E-state index in [9.17, 15) is 0 Å². The molecular weight excluding hydrogens is 264 g/mol. The van der Waals surface area contributed by atoms with Gasteiger partial charge in [0.15, 0.2) is 0 Å². The maximum absolute atomic E-state index is 5.26. The van der Waals surface area contributed by atoms with Crippen molar-refractivity contribution in [3.8, 4) is 0 Å². The van der Waals surface area contributed by atoms with Gasteiger partial charge in [0.1, 0.15) is 5.76 Å². The molecule has 3 heterocycles. The average Bonchev–Trinajstić information content (AvgIpc) is 3.06. The van der Waals surface area contributed by atoms with Gasteiger partial charge < -0.3 is 14.6 Å². The predicted molar refractivity (Wildman–Crippen MR) is 83.0 cm³/mol. The van der Waals surface area contributed by atoms with E-state index in [2.05, 4.69) is 26.3 Å². The summed E-state index contributed by atoms with van der Waals surface area (Å²) in [7, 11) is 0. The number of hydrogen-bond acceptors (Lipinski definition) is 5. The highest BCUT2D eigenvalue weighted by molar-refractivity contribution is 5.42. The van der Waals surface area contributed by atoms with E-state index in [4.69, 9.17) is 4.42 Å². The molecule has 0 spiro atoms. The maximum atomic E-state index is 5.26. The van der Waals surface area contributed by atoms with E-state index in [-0.39, 0.29) is 0 Å². The van der Waals surface area contributed by atoms with Crippen molar-refractivity contribution in [3.63, 3.8) is 0 Å². The van der Waals surface area contributed by atoms with Gasteiger partial charge in [0.25, 0.3) is 0 Å². The summed E-state index contributed by atoms with van der Waals surface area (Å²) in [5.74, 6) is 1.72. The van der Waals surface area contributed by atoms with E-state index >= 15 is 0 Å². The molecule has 1 saturated heterocycles. The lowest BCUT2D eigenvalue weighted by Crippen LogP contribution is -2.46. The van der Waals surface area contributed by atoms with Crippen LogP contribution in [-0.4, -0.2) is 35.6 Å². The number of rotatable bonds is 5. The molecule has 0 bridgehead atoms. The van der Waals surface area contributed by atoms with Gasteiger partial charge in [-0.25, -0.2) is 9.97 Å². The molecule has 1 N–H and O–H groups in total. The standard InChI is InChI=1S/C16H20N4O/c1(6-15-7-3-12-21-15)8-17-14-5-2-11-20(13-14)16-18-9-4-10-19-16/h1,3-4,6-7,9-10,12,14,17H,2,5,8,11,13H2. The Labute approximate surface area is 124 Å². The Hall–Kier alpha value is -2.14. The van der Waals surface area contributed by atoms with Gasteiger partial charge in [0, 0.05) is 38.1 Å². The normalized spacial score (nSPS) is 19.2. The quantitative estimate of drug-likeness (QED) is 0.913. The molecule has 1 aliphatic heterocycles. The first-order valence-electron chi connectivity index (χ1n) is 7.37. The third kappa shape index (κ3) is 3.92. The number of furan rings is 1. The lowest BCUT2D eigenvalue weighted by Gasteiger charge is -2.33. The molecule has 1 unspecified atom stereocenters. The highest BCUT2D eigenvalue weighted by Gasteiger charge is 2.20. The summed E-state index contributed by atoms with van der Waals surface area (Å²) in [6.07, 6.45) is 11.7. The summed E-state index contributed by atoms with van der Waals surface area (Å²) in [6, 6.07) is 6.17. The van der Waals surface area contributed by atoms with Crippen LogP contribution in [0.2, 0.25) is 0 Å². The summed E-state index contributed by atoms with van der Waals surface area (Å²) in [4.78, 5) is 10.9. The monoisotopic (exact) mass is 284 g/mol. The minimum atomic E-state index is 0.476. The Bertz CT molecular complexity index is 553. The molecule has 21 heavy (non-hydrogen) atoms. The average molecular weight is 284 g/mol. The Morgan fingerprint density at radius 3 is 3.05 bits per heavy atom. The van der Waals surface area contributed by atoms with Gasteiger partial charge in [0.2, 0.25) is 5.95 Å². The van der Waals surface area contributed by atoms with Gasteiger partial charge in [-0.15, -0.1) is 0 Å². The van der Waals surface area contributed by atoms with Gasteiger partial charge in [0.05, 0.1) is 6.26 Å². The number of hydrogen-bond donors (Lipinski definition) is 1. The molecule has 0 aliphatic carbocycles. The second kappa shape index (κ2) is 7.04. The van der Waals surface area contributed by atoms with Gasteiger partial charge in [-0.05, 0) is 37.1 Å². The molecule has 5 nitrogen and oxygen atoms in total. The summed E-state index contributed by atoms with van der Waals surface area (Å²) in [5.41, 5.74) is 0. The van der Waals surface area contributed by atoms with Crippen molar-refractivity contribution in [3.05, 3.63) is 48.7 Å². The van der Waals surface area contributed by atoms with E-state index in [0.717, 1.165) is 37.8 Å². The van der Waals surface area contributed by atoms with Crippen LogP contribution in [0.3, 0.4) is 0 Å². The molecule has 0 amide bonds. The van der Waals surface area contributed by atoms with Crippen molar-refractivity contribution in [2.75, 3.05) is 24.5 Å². The highest BCUT2D eigenvalue weighted by Crippen LogP contribution is 2.15. The fraction of sp³-hybridized carbons (Fsp3) is 0.375. The van der Waals surface area contributed by atoms with Crippen LogP contribution in [0.4, 0.5) is 5.95 Å². The molecule has 2 aromatic heterocycles. The molecule has 0 radical (unpaired) electrons. The van der Waals surface area contributed by atoms with Crippen LogP contribution in [0.15, 0.2) is 47.3 Å². The van der Waals surface area contributed by atoms with Crippen molar-refractivity contribution in [1.82, 2.24) is 15.3 Å². The Balaban J connectivity index is 1.48. The van der Waals surface area contributed by atoms with Crippen LogP contribution in [0.25, 0.3) is 6.08 Å². The van der Waals surface area contributed by atoms with E-state index in [1.54, 1.807) is 18.7 Å². The topological polar surface area (TPSA) is 54.2 Å². The first-order valence-corrected chi connectivity index (χ1v) is 7.37. The summed E-state index contributed by atoms with van der Waals surface area (Å²) < 4.78 is 5.26. The largest absolute Gasteiger partial charge is 0.465 e. The highest BCUT2D eigenvalue weighted by atomic mass is 16.3. The molecular formula is C16H20N4O. The van der Waals surface area contributed by atoms with Crippen LogP contribution in [-0.2, 0) is 0 Å². The van der Waals surface area contributed by atoms with E-state index < -0.39 is 0 Å². The zero-order chi connectivity index (χ0) is 14.3. The van der Waals surface area contributed by atoms with Crippen LogP contribution >= 0.6 is 0 Å². The molecule has 1 fully saturated rings. The number of nitrogens with zero attached hydrogens (tertiary/aromatic N) is 3. The Morgan fingerprint density at radius 2 is 2.24 bits per heavy atom. The SMILES string of the molecule is C(=Cc1ccco1)CNC1CCCN(c2ncccn2)C1. The first-order chi connectivity index (χ1) is 10.4. The molecule has 0 aromatic carbocycles. The predicted octanol–water partition coefficient (Wildman–Crippen LogP) is 2.34. The number of piperidine rings is 1. The van der Waals surface area contributed by atoms with E-state index in [0.29, 0.717) is 6.04 Å². The second-order valence-electron chi connectivity index (χ2n) is 5.16. The van der Waals surface area contributed by atoms with Crippen molar-refractivity contribution in [2.24, 2.45) is 0 Å². The summed E-state index contributed by atoms with van der Waals surface area (Å²) in [5, 5.41) is 3.56. The van der Waals surface area contributed by atoms with Gasteiger partial charge >= 0.3 is 0 Å². The molecule has 110 valence electrons. The maximum Gasteiger partial charge on any atom is 0.225 e. The van der Waals surface area contributed by atoms with Crippen molar-refractivity contribution in [2.45, 2.75) is 18.9 Å². The van der Waals surface area contributed by atoms with Crippen molar-refractivity contribution >= 4 is 12.0 Å². The molecule has 1 aliphatic rings. The fourth-order valence-corrected chi connectivity index (χ4v) is 2.58. The van der Waals surface area contributed by atoms with Crippen LogP contribution in [0, 0.1) is 0 Å². The zero-order valence-corrected chi connectivity index (χ0v) is 12.0. The number of nitrogens with one attached hydrogen (secondary N) is 1. The lowest BCUT2D eigenvalue weighted by molar-refractivity contribution is 0.434. The third-order valence-corrected chi connectivity index (χ3v) is 3.61. The molecule has 1 atom stereocenters. The van der Waals surface area contributed by atoms with Gasteiger partial charge in [-0.1, -0.05) is 6.08 Å². The molecule has 5 heteroatoms. The van der Waals surface area contributed by atoms with Crippen molar-refractivity contribution in [1.29, 1.82) is 0 Å². The minimum Gasteiger partial charge on any atom is -0.465 e. The first kappa shape index (κ1) is 13.8. The Morgan fingerprint density at radius 1 is 1.33 bits per heavy atom. The van der Waals surface area contributed by atoms with Gasteiger partial charge in [-0.3, -0.25) is 0 Å². The molecule has 0 saturated carbocycles. The number of anilines is 1. The van der Waals surface area contributed by atoms with Gasteiger partial charge in [-0.2, -0.15) is 0 Å². The molecule has 2 aromatic rings. The smallest absolute Gasteiger partial charge is 0.225 e. The van der Waals surface area contributed by atoms with Crippen LogP contribution < -0.4 is 10.2 Å². The molecule has 3 rings (SSSR count). The Kier molecular flexibility index (Phi) is 4.63.